The van der Waals surface area contributed by atoms with Crippen molar-refractivity contribution < 1.29 is 19.4 Å². The third kappa shape index (κ3) is 3.08. The number of nitrogens with zero attached hydrogens (tertiary/aromatic N) is 2. The molecule has 6 heteroatoms. The summed E-state index contributed by atoms with van der Waals surface area (Å²) in [6.45, 7) is 4.83. The molecular weight excluding hydrogens is 248 g/mol. The second-order valence-electron chi connectivity index (χ2n) is 4.70. The number of carboxylic acids is 1. The van der Waals surface area contributed by atoms with Crippen molar-refractivity contribution in [3.63, 3.8) is 0 Å². The Balaban J connectivity index is 2.19. The van der Waals surface area contributed by atoms with Crippen LogP contribution in [0.4, 0.5) is 0 Å². The summed E-state index contributed by atoms with van der Waals surface area (Å²) >= 11 is 0. The maximum atomic E-state index is 12.3. The Morgan fingerprint density at radius 2 is 2.00 bits per heavy atom. The number of amides is 1. The van der Waals surface area contributed by atoms with E-state index in [9.17, 15) is 9.59 Å². The lowest BCUT2D eigenvalue weighted by atomic mass is 10.1. The summed E-state index contributed by atoms with van der Waals surface area (Å²) in [4.78, 5) is 28.5. The molecule has 1 aromatic rings. The molecule has 6 nitrogen and oxygen atoms in total. The van der Waals surface area contributed by atoms with Gasteiger partial charge in [-0.2, -0.15) is 0 Å². The fraction of sp³-hybridized carbons (Fsp3) is 0.462. The molecular formula is C13H16N2O4. The van der Waals surface area contributed by atoms with Gasteiger partial charge in [0.25, 0.3) is 5.91 Å². The van der Waals surface area contributed by atoms with Crippen LogP contribution in [-0.4, -0.2) is 52.2 Å². The van der Waals surface area contributed by atoms with Crippen LogP contribution in [-0.2, 0) is 4.74 Å². The molecule has 0 bridgehead atoms. The minimum absolute atomic E-state index is 0.0199. The van der Waals surface area contributed by atoms with E-state index in [4.69, 9.17) is 9.84 Å². The monoisotopic (exact) mass is 264 g/mol. The summed E-state index contributed by atoms with van der Waals surface area (Å²) in [6, 6.07) is 2.83. The van der Waals surface area contributed by atoms with Crippen molar-refractivity contribution in [3.05, 3.63) is 29.6 Å². The average molecular weight is 264 g/mol. The number of pyridine rings is 1. The summed E-state index contributed by atoms with van der Waals surface area (Å²) in [6.07, 6.45) is 1.30. The van der Waals surface area contributed by atoms with E-state index in [0.29, 0.717) is 18.7 Å². The molecule has 0 spiro atoms. The zero-order valence-electron chi connectivity index (χ0n) is 10.9. The molecule has 0 radical (unpaired) electrons. The van der Waals surface area contributed by atoms with Gasteiger partial charge in [-0.05, 0) is 26.0 Å². The van der Waals surface area contributed by atoms with Crippen LogP contribution in [0.1, 0.15) is 34.7 Å². The number of carboxylic acid groups (broad SMARTS) is 1. The van der Waals surface area contributed by atoms with Crippen LogP contribution >= 0.6 is 0 Å². The topological polar surface area (TPSA) is 79.7 Å². The number of carbonyl (C=O) groups excluding carboxylic acids is 1. The van der Waals surface area contributed by atoms with Crippen molar-refractivity contribution in [2.45, 2.75) is 26.1 Å². The maximum Gasteiger partial charge on any atom is 0.354 e. The first-order valence-electron chi connectivity index (χ1n) is 6.11. The van der Waals surface area contributed by atoms with Gasteiger partial charge in [0, 0.05) is 24.8 Å². The van der Waals surface area contributed by atoms with Crippen molar-refractivity contribution in [2.75, 3.05) is 13.1 Å². The molecule has 102 valence electrons. The minimum Gasteiger partial charge on any atom is -0.477 e. The van der Waals surface area contributed by atoms with Crippen LogP contribution in [0.5, 0.6) is 0 Å². The van der Waals surface area contributed by atoms with E-state index in [-0.39, 0.29) is 23.8 Å². The minimum atomic E-state index is -1.14. The molecule has 19 heavy (non-hydrogen) atoms. The SMILES string of the molecule is C[C@@H]1CN(C(=O)c2ccnc(C(=O)O)c2)C[C@H](C)O1. The first kappa shape index (κ1) is 13.5. The Labute approximate surface area is 111 Å². The molecule has 1 fully saturated rings. The summed E-state index contributed by atoms with van der Waals surface area (Å²) in [5, 5.41) is 8.88. The molecule has 1 aliphatic heterocycles. The van der Waals surface area contributed by atoms with E-state index >= 15 is 0 Å². The second kappa shape index (κ2) is 5.36. The molecule has 1 N–H and O–H groups in total. The van der Waals surface area contributed by atoms with Gasteiger partial charge < -0.3 is 14.7 Å². The summed E-state index contributed by atoms with van der Waals surface area (Å²) in [7, 11) is 0. The molecule has 1 aliphatic rings. The van der Waals surface area contributed by atoms with Gasteiger partial charge in [0.1, 0.15) is 5.69 Å². The predicted octanol–water partition coefficient (Wildman–Crippen LogP) is 1.03. The van der Waals surface area contributed by atoms with Crippen LogP contribution in [0, 0.1) is 0 Å². The highest BCUT2D eigenvalue weighted by Gasteiger charge is 2.26. The van der Waals surface area contributed by atoms with Gasteiger partial charge in [-0.3, -0.25) is 4.79 Å². The van der Waals surface area contributed by atoms with Gasteiger partial charge in [-0.1, -0.05) is 0 Å². The van der Waals surface area contributed by atoms with Crippen LogP contribution < -0.4 is 0 Å². The number of aromatic carboxylic acids is 1. The van der Waals surface area contributed by atoms with E-state index in [2.05, 4.69) is 4.98 Å². The van der Waals surface area contributed by atoms with Gasteiger partial charge in [-0.25, -0.2) is 9.78 Å². The Bertz CT molecular complexity index is 493. The smallest absolute Gasteiger partial charge is 0.354 e. The lowest BCUT2D eigenvalue weighted by Gasteiger charge is -2.35. The zero-order chi connectivity index (χ0) is 14.0. The highest BCUT2D eigenvalue weighted by Crippen LogP contribution is 2.14. The molecule has 1 aromatic heterocycles. The molecule has 0 unspecified atom stereocenters. The lowest BCUT2D eigenvalue weighted by Crippen LogP contribution is -2.48. The van der Waals surface area contributed by atoms with E-state index < -0.39 is 5.97 Å². The number of hydrogen-bond donors (Lipinski definition) is 1. The highest BCUT2D eigenvalue weighted by atomic mass is 16.5. The second-order valence-corrected chi connectivity index (χ2v) is 4.70. The van der Waals surface area contributed by atoms with Gasteiger partial charge in [0.15, 0.2) is 0 Å². The van der Waals surface area contributed by atoms with E-state index in [0.717, 1.165) is 0 Å². The number of morpholine rings is 1. The van der Waals surface area contributed by atoms with E-state index in [1.807, 2.05) is 13.8 Å². The van der Waals surface area contributed by atoms with E-state index in [1.165, 1.54) is 18.3 Å². The first-order valence-corrected chi connectivity index (χ1v) is 6.11. The number of aromatic nitrogens is 1. The van der Waals surface area contributed by atoms with E-state index in [1.54, 1.807) is 4.90 Å². The maximum absolute atomic E-state index is 12.3. The van der Waals surface area contributed by atoms with Crippen molar-refractivity contribution in [1.29, 1.82) is 0 Å². The molecule has 0 saturated carbocycles. The highest BCUT2D eigenvalue weighted by molar-refractivity contribution is 5.96. The standard InChI is InChI=1S/C13H16N2O4/c1-8-6-15(7-9(2)19-8)12(16)10-3-4-14-11(5-10)13(17)18/h3-5,8-9H,6-7H2,1-2H3,(H,17,18)/t8-,9+. The molecule has 1 saturated heterocycles. The third-order valence-corrected chi connectivity index (χ3v) is 2.93. The largest absolute Gasteiger partial charge is 0.477 e. The zero-order valence-corrected chi connectivity index (χ0v) is 10.9. The number of carbonyl (C=O) groups is 2. The Morgan fingerprint density at radius 1 is 1.37 bits per heavy atom. The van der Waals surface area contributed by atoms with Crippen LogP contribution in [0.2, 0.25) is 0 Å². The Morgan fingerprint density at radius 3 is 2.58 bits per heavy atom. The molecule has 0 aromatic carbocycles. The number of ether oxygens (including phenoxy) is 1. The molecule has 2 atom stereocenters. The lowest BCUT2D eigenvalue weighted by molar-refractivity contribution is -0.0586. The van der Waals surface area contributed by atoms with Crippen molar-refractivity contribution >= 4 is 11.9 Å². The van der Waals surface area contributed by atoms with Crippen LogP contribution in [0.3, 0.4) is 0 Å². The van der Waals surface area contributed by atoms with Gasteiger partial charge in [-0.15, -0.1) is 0 Å². The molecule has 2 rings (SSSR count). The summed E-state index contributed by atoms with van der Waals surface area (Å²) in [5.74, 6) is -1.33. The molecule has 2 heterocycles. The van der Waals surface area contributed by atoms with Gasteiger partial charge in [0.05, 0.1) is 12.2 Å². The third-order valence-electron chi connectivity index (χ3n) is 2.93. The van der Waals surface area contributed by atoms with Crippen molar-refractivity contribution in [3.8, 4) is 0 Å². The number of hydrogen-bond acceptors (Lipinski definition) is 4. The van der Waals surface area contributed by atoms with Crippen LogP contribution in [0.25, 0.3) is 0 Å². The van der Waals surface area contributed by atoms with Gasteiger partial charge in [0.2, 0.25) is 0 Å². The van der Waals surface area contributed by atoms with Crippen molar-refractivity contribution in [1.82, 2.24) is 9.88 Å². The van der Waals surface area contributed by atoms with Crippen LogP contribution in [0.15, 0.2) is 18.3 Å². The average Bonchev–Trinajstić information content (AvgIpc) is 2.37. The Kier molecular flexibility index (Phi) is 3.80. The van der Waals surface area contributed by atoms with Crippen molar-refractivity contribution in [2.24, 2.45) is 0 Å². The normalized spacial score (nSPS) is 23.2. The fourth-order valence-corrected chi connectivity index (χ4v) is 2.21. The molecule has 1 amide bonds. The summed E-state index contributed by atoms with van der Waals surface area (Å²) in [5.41, 5.74) is 0.217. The number of rotatable bonds is 2. The Hall–Kier alpha value is -1.95. The van der Waals surface area contributed by atoms with Gasteiger partial charge >= 0.3 is 5.97 Å². The first-order chi connectivity index (χ1) is 8.97. The fourth-order valence-electron chi connectivity index (χ4n) is 2.21. The summed E-state index contributed by atoms with van der Waals surface area (Å²) < 4.78 is 5.56. The quantitative estimate of drug-likeness (QED) is 0.863. The molecule has 0 aliphatic carbocycles. The predicted molar refractivity (Wildman–Crippen MR) is 67.1 cm³/mol.